The molecule has 3 heterocycles. The molecule has 0 saturated carbocycles. The van der Waals surface area contributed by atoms with E-state index in [0.717, 1.165) is 44.0 Å². The molecule has 1 fully saturated rings. The lowest BCUT2D eigenvalue weighted by Crippen LogP contribution is -2.37. The fraction of sp³-hybridized carbons (Fsp3) is 0.300. The highest BCUT2D eigenvalue weighted by molar-refractivity contribution is 7.11. The van der Waals surface area contributed by atoms with Gasteiger partial charge in [0.25, 0.3) is 5.19 Å². The minimum atomic E-state index is 0.282. The van der Waals surface area contributed by atoms with Gasteiger partial charge in [-0.05, 0) is 42.7 Å². The quantitative estimate of drug-likeness (QED) is 0.647. The molecule has 2 aromatic heterocycles. The number of likely N-dealkylation sites (tertiary alicyclic amines) is 1. The maximum atomic E-state index is 6.01. The van der Waals surface area contributed by atoms with Crippen LogP contribution in [0.1, 0.15) is 18.4 Å². The number of piperidine rings is 1. The molecule has 0 bridgehead atoms. The molecular formula is C20H21N3O2S. The Labute approximate surface area is 157 Å². The highest BCUT2D eigenvalue weighted by atomic mass is 32.1. The van der Waals surface area contributed by atoms with Gasteiger partial charge in [0, 0.05) is 37.4 Å². The van der Waals surface area contributed by atoms with Gasteiger partial charge in [0.1, 0.15) is 17.6 Å². The average Bonchev–Trinajstić information content (AvgIpc) is 3.19. The van der Waals surface area contributed by atoms with Crippen LogP contribution in [0.2, 0.25) is 0 Å². The lowest BCUT2D eigenvalue weighted by molar-refractivity contribution is 0.0965. The Kier molecular flexibility index (Phi) is 5.42. The molecule has 0 atom stereocenters. The van der Waals surface area contributed by atoms with Crippen molar-refractivity contribution in [1.29, 1.82) is 0 Å². The molecule has 3 aromatic rings. The zero-order valence-corrected chi connectivity index (χ0v) is 15.3. The molecule has 0 spiro atoms. The second-order valence-corrected chi connectivity index (χ2v) is 7.18. The summed E-state index contributed by atoms with van der Waals surface area (Å²) in [5.41, 5.74) is 1.29. The minimum Gasteiger partial charge on any atom is -0.489 e. The molecule has 0 aliphatic carbocycles. The van der Waals surface area contributed by atoms with Gasteiger partial charge < -0.3 is 9.47 Å². The van der Waals surface area contributed by atoms with Gasteiger partial charge >= 0.3 is 0 Å². The predicted octanol–water partition coefficient (Wildman–Crippen LogP) is 4.37. The smallest absolute Gasteiger partial charge is 0.278 e. The molecular weight excluding hydrogens is 346 g/mol. The van der Waals surface area contributed by atoms with Crippen LogP contribution in [-0.4, -0.2) is 34.1 Å². The van der Waals surface area contributed by atoms with Crippen molar-refractivity contribution in [3.8, 4) is 16.7 Å². The van der Waals surface area contributed by atoms with Crippen molar-refractivity contribution in [3.63, 3.8) is 0 Å². The second-order valence-electron chi connectivity index (χ2n) is 6.33. The Balaban J connectivity index is 1.25. The summed E-state index contributed by atoms with van der Waals surface area (Å²) in [4.78, 5) is 10.7. The van der Waals surface area contributed by atoms with E-state index in [1.54, 1.807) is 18.6 Å². The number of hydrogen-bond acceptors (Lipinski definition) is 6. The van der Waals surface area contributed by atoms with Crippen molar-refractivity contribution in [2.24, 2.45) is 0 Å². The third kappa shape index (κ3) is 4.59. The van der Waals surface area contributed by atoms with Crippen molar-refractivity contribution in [3.05, 3.63) is 65.9 Å². The molecule has 1 aromatic carbocycles. The third-order valence-electron chi connectivity index (χ3n) is 4.42. The second kappa shape index (κ2) is 8.29. The lowest BCUT2D eigenvalue weighted by Gasteiger charge is -2.32. The first kappa shape index (κ1) is 17.0. The van der Waals surface area contributed by atoms with Crippen LogP contribution in [0.5, 0.6) is 16.7 Å². The highest BCUT2D eigenvalue weighted by Crippen LogP contribution is 2.24. The third-order valence-corrected chi connectivity index (χ3v) is 5.06. The van der Waals surface area contributed by atoms with Gasteiger partial charge in [-0.3, -0.25) is 9.88 Å². The summed E-state index contributed by atoms with van der Waals surface area (Å²) in [7, 11) is 0. The average molecular weight is 367 g/mol. The largest absolute Gasteiger partial charge is 0.489 e. The zero-order valence-electron chi connectivity index (χ0n) is 14.5. The Morgan fingerprint density at radius 1 is 1.04 bits per heavy atom. The Hall–Kier alpha value is -2.44. The van der Waals surface area contributed by atoms with Gasteiger partial charge in [-0.2, -0.15) is 0 Å². The molecule has 5 nitrogen and oxygen atoms in total. The van der Waals surface area contributed by atoms with Crippen LogP contribution in [0.25, 0.3) is 0 Å². The minimum absolute atomic E-state index is 0.282. The topological polar surface area (TPSA) is 47.5 Å². The number of thiazole rings is 1. The predicted molar refractivity (Wildman–Crippen MR) is 102 cm³/mol. The van der Waals surface area contributed by atoms with Crippen molar-refractivity contribution in [1.82, 2.24) is 14.9 Å². The van der Waals surface area contributed by atoms with E-state index < -0.39 is 0 Å². The molecule has 4 rings (SSSR count). The number of ether oxygens (including phenoxy) is 2. The molecule has 0 N–H and O–H groups in total. The van der Waals surface area contributed by atoms with Crippen LogP contribution >= 0.6 is 11.3 Å². The molecule has 134 valence electrons. The molecule has 1 aliphatic rings. The number of benzene rings is 1. The summed E-state index contributed by atoms with van der Waals surface area (Å²) in [5.74, 6) is 1.69. The standard InChI is InChI=1S/C20H21N3O2S/c1-2-19(14-21-9-1)24-18-7-11-23(12-8-18)15-16-3-5-17(6-4-16)25-20-22-10-13-26-20/h1-6,9-10,13-14,18H,7-8,11-12,15H2. The monoisotopic (exact) mass is 367 g/mol. The molecule has 0 radical (unpaired) electrons. The number of pyridine rings is 1. The van der Waals surface area contributed by atoms with Crippen LogP contribution in [-0.2, 0) is 6.54 Å². The first-order valence-corrected chi connectivity index (χ1v) is 9.68. The van der Waals surface area contributed by atoms with Crippen LogP contribution in [0.4, 0.5) is 0 Å². The van der Waals surface area contributed by atoms with E-state index in [1.807, 2.05) is 29.6 Å². The molecule has 0 unspecified atom stereocenters. The van der Waals surface area contributed by atoms with E-state index in [9.17, 15) is 0 Å². The summed E-state index contributed by atoms with van der Waals surface area (Å²) in [6.07, 6.45) is 7.66. The Bertz CT molecular complexity index is 786. The number of rotatable bonds is 6. The van der Waals surface area contributed by atoms with Gasteiger partial charge in [-0.1, -0.05) is 23.5 Å². The maximum Gasteiger partial charge on any atom is 0.278 e. The summed E-state index contributed by atoms with van der Waals surface area (Å²) < 4.78 is 11.7. The zero-order chi connectivity index (χ0) is 17.6. The van der Waals surface area contributed by atoms with Crippen molar-refractivity contribution < 1.29 is 9.47 Å². The number of aromatic nitrogens is 2. The number of nitrogens with zero attached hydrogens (tertiary/aromatic N) is 3. The van der Waals surface area contributed by atoms with Gasteiger partial charge in [0.2, 0.25) is 0 Å². The number of hydrogen-bond donors (Lipinski definition) is 0. The van der Waals surface area contributed by atoms with E-state index in [4.69, 9.17) is 9.47 Å². The van der Waals surface area contributed by atoms with Crippen LogP contribution in [0.3, 0.4) is 0 Å². The van der Waals surface area contributed by atoms with Crippen LogP contribution in [0.15, 0.2) is 60.4 Å². The van der Waals surface area contributed by atoms with Crippen molar-refractivity contribution >= 4 is 11.3 Å². The summed E-state index contributed by atoms with van der Waals surface area (Å²) in [5, 5.41) is 2.58. The van der Waals surface area contributed by atoms with Crippen molar-refractivity contribution in [2.75, 3.05) is 13.1 Å². The van der Waals surface area contributed by atoms with Crippen LogP contribution in [0, 0.1) is 0 Å². The van der Waals surface area contributed by atoms with Gasteiger partial charge in [0.15, 0.2) is 0 Å². The van der Waals surface area contributed by atoms with Gasteiger partial charge in [0.05, 0.1) is 6.20 Å². The van der Waals surface area contributed by atoms with E-state index in [0.29, 0.717) is 5.19 Å². The normalized spacial score (nSPS) is 15.7. The van der Waals surface area contributed by atoms with E-state index in [2.05, 4.69) is 27.0 Å². The Morgan fingerprint density at radius 3 is 2.58 bits per heavy atom. The Morgan fingerprint density at radius 2 is 1.88 bits per heavy atom. The van der Waals surface area contributed by atoms with Crippen molar-refractivity contribution in [2.45, 2.75) is 25.5 Å². The van der Waals surface area contributed by atoms with Gasteiger partial charge in [-0.25, -0.2) is 4.98 Å². The van der Waals surface area contributed by atoms with Crippen LogP contribution < -0.4 is 9.47 Å². The fourth-order valence-electron chi connectivity index (χ4n) is 3.08. The fourth-order valence-corrected chi connectivity index (χ4v) is 3.58. The molecule has 6 heteroatoms. The molecule has 1 aliphatic heterocycles. The van der Waals surface area contributed by atoms with Gasteiger partial charge in [-0.15, -0.1) is 0 Å². The van der Waals surface area contributed by atoms with E-state index in [-0.39, 0.29) is 6.10 Å². The summed E-state index contributed by atoms with van der Waals surface area (Å²) in [6.45, 7) is 3.04. The summed E-state index contributed by atoms with van der Waals surface area (Å²) in [6, 6.07) is 12.1. The van der Waals surface area contributed by atoms with E-state index in [1.165, 1.54) is 16.9 Å². The lowest BCUT2D eigenvalue weighted by atomic mass is 10.1. The molecule has 0 amide bonds. The molecule has 26 heavy (non-hydrogen) atoms. The summed E-state index contributed by atoms with van der Waals surface area (Å²) >= 11 is 1.49. The first-order valence-electron chi connectivity index (χ1n) is 8.80. The molecule has 1 saturated heterocycles. The van der Waals surface area contributed by atoms with E-state index >= 15 is 0 Å². The SMILES string of the molecule is c1cncc(OC2CCN(Cc3ccc(Oc4nccs4)cc3)CC2)c1. The highest BCUT2D eigenvalue weighted by Gasteiger charge is 2.20. The first-order chi connectivity index (χ1) is 12.8. The maximum absolute atomic E-state index is 6.01.